The highest BCUT2D eigenvalue weighted by Crippen LogP contribution is 2.28. The van der Waals surface area contributed by atoms with Crippen molar-refractivity contribution in [3.63, 3.8) is 0 Å². The Labute approximate surface area is 146 Å². The minimum Gasteiger partial charge on any atom is -0.310 e. The molecule has 0 N–H and O–H groups in total. The Morgan fingerprint density at radius 2 is 2.00 bits per heavy atom. The van der Waals surface area contributed by atoms with E-state index in [0.717, 1.165) is 30.6 Å². The van der Waals surface area contributed by atoms with Crippen molar-refractivity contribution in [2.75, 3.05) is 11.4 Å². The second-order valence-electron chi connectivity index (χ2n) is 6.29. The summed E-state index contributed by atoms with van der Waals surface area (Å²) in [6, 6.07) is 15.9. The first-order valence-electron chi connectivity index (χ1n) is 8.44. The minimum absolute atomic E-state index is 0.0122. The number of benzene rings is 2. The number of aromatic nitrogens is 4. The summed E-state index contributed by atoms with van der Waals surface area (Å²) in [7, 11) is 0. The third-order valence-corrected chi connectivity index (χ3v) is 4.42. The van der Waals surface area contributed by atoms with Crippen molar-refractivity contribution in [1.82, 2.24) is 20.2 Å². The molecule has 0 radical (unpaired) electrons. The molecule has 0 fully saturated rings. The molecule has 1 aromatic heterocycles. The number of carbonyl (C=O) groups excluding carboxylic acids is 1. The van der Waals surface area contributed by atoms with Crippen molar-refractivity contribution in [3.05, 3.63) is 59.7 Å². The lowest BCUT2D eigenvalue weighted by atomic mass is 9.99. The maximum atomic E-state index is 12.8. The van der Waals surface area contributed by atoms with E-state index in [9.17, 15) is 4.79 Å². The summed E-state index contributed by atoms with van der Waals surface area (Å²) in [4.78, 5) is 16.0. The molecule has 0 atom stereocenters. The zero-order chi connectivity index (χ0) is 17.2. The molecule has 1 amide bonds. The Morgan fingerprint density at radius 1 is 1.16 bits per heavy atom. The first-order valence-corrected chi connectivity index (χ1v) is 8.44. The molecule has 0 saturated carbocycles. The van der Waals surface area contributed by atoms with E-state index in [0.29, 0.717) is 5.82 Å². The van der Waals surface area contributed by atoms with Gasteiger partial charge in [0.1, 0.15) is 6.54 Å². The summed E-state index contributed by atoms with van der Waals surface area (Å²) >= 11 is 0. The maximum absolute atomic E-state index is 12.8. The molecule has 0 saturated heterocycles. The molecule has 6 heteroatoms. The van der Waals surface area contributed by atoms with Crippen molar-refractivity contribution < 1.29 is 4.79 Å². The molecular formula is C19H19N5O. The molecule has 126 valence electrons. The lowest BCUT2D eigenvalue weighted by Gasteiger charge is -2.29. The van der Waals surface area contributed by atoms with Crippen LogP contribution in [0.4, 0.5) is 5.69 Å². The van der Waals surface area contributed by atoms with Crippen LogP contribution < -0.4 is 4.90 Å². The number of rotatable bonds is 3. The Bertz CT molecular complexity index is 903. The van der Waals surface area contributed by atoms with E-state index in [1.54, 1.807) is 0 Å². The molecule has 25 heavy (non-hydrogen) atoms. The first-order chi connectivity index (χ1) is 12.2. The number of anilines is 1. The van der Waals surface area contributed by atoms with E-state index in [1.165, 1.54) is 15.9 Å². The normalized spacial score (nSPS) is 13.6. The molecule has 0 aliphatic carbocycles. The minimum atomic E-state index is -0.0122. The van der Waals surface area contributed by atoms with Crippen LogP contribution in [0.15, 0.2) is 48.5 Å². The van der Waals surface area contributed by atoms with Gasteiger partial charge < -0.3 is 4.90 Å². The van der Waals surface area contributed by atoms with Crippen LogP contribution in [0.2, 0.25) is 0 Å². The summed E-state index contributed by atoms with van der Waals surface area (Å²) in [6.45, 7) is 2.90. The predicted molar refractivity (Wildman–Crippen MR) is 95.1 cm³/mol. The van der Waals surface area contributed by atoms with Gasteiger partial charge >= 0.3 is 0 Å². The average molecular weight is 333 g/mol. The highest BCUT2D eigenvalue weighted by atomic mass is 16.2. The number of carbonyl (C=O) groups is 1. The van der Waals surface area contributed by atoms with Gasteiger partial charge in [0.2, 0.25) is 5.82 Å². The van der Waals surface area contributed by atoms with E-state index in [1.807, 2.05) is 47.4 Å². The van der Waals surface area contributed by atoms with Crippen LogP contribution in [0, 0.1) is 6.92 Å². The zero-order valence-electron chi connectivity index (χ0n) is 14.1. The van der Waals surface area contributed by atoms with E-state index in [2.05, 4.69) is 28.4 Å². The lowest BCUT2D eigenvalue weighted by molar-refractivity contribution is -0.119. The SMILES string of the molecule is Cc1ccc2c(c1)CCCN2C(=O)Cn1nnc(-c2ccccc2)n1. The Hall–Kier alpha value is -3.02. The number of hydrogen-bond donors (Lipinski definition) is 0. The van der Waals surface area contributed by atoms with Gasteiger partial charge in [-0.1, -0.05) is 48.0 Å². The van der Waals surface area contributed by atoms with Crippen molar-refractivity contribution in [3.8, 4) is 11.4 Å². The third-order valence-electron chi connectivity index (χ3n) is 4.42. The summed E-state index contributed by atoms with van der Waals surface area (Å²) in [5.41, 5.74) is 4.35. The fraction of sp³-hybridized carbons (Fsp3) is 0.263. The van der Waals surface area contributed by atoms with Crippen molar-refractivity contribution in [2.45, 2.75) is 26.3 Å². The number of fused-ring (bicyclic) bond motifs is 1. The molecule has 6 nitrogen and oxygen atoms in total. The van der Waals surface area contributed by atoms with Crippen LogP contribution in [0.25, 0.3) is 11.4 Å². The van der Waals surface area contributed by atoms with Gasteiger partial charge in [-0.05, 0) is 36.6 Å². The Morgan fingerprint density at radius 3 is 2.84 bits per heavy atom. The van der Waals surface area contributed by atoms with Crippen LogP contribution in [0.5, 0.6) is 0 Å². The van der Waals surface area contributed by atoms with E-state index < -0.39 is 0 Å². The lowest BCUT2D eigenvalue weighted by Crippen LogP contribution is -2.38. The third kappa shape index (κ3) is 3.15. The average Bonchev–Trinajstić information content (AvgIpc) is 3.10. The zero-order valence-corrected chi connectivity index (χ0v) is 14.1. The standard InChI is InChI=1S/C19H19N5O/c1-14-9-10-17-16(12-14)8-5-11-23(17)18(25)13-24-21-19(20-22-24)15-6-3-2-4-7-15/h2-4,6-7,9-10,12H,5,8,11,13H2,1H3. The molecule has 4 rings (SSSR count). The highest BCUT2D eigenvalue weighted by Gasteiger charge is 2.23. The summed E-state index contributed by atoms with van der Waals surface area (Å²) in [5.74, 6) is 0.518. The topological polar surface area (TPSA) is 63.9 Å². The van der Waals surface area contributed by atoms with Gasteiger partial charge in [-0.15, -0.1) is 10.2 Å². The smallest absolute Gasteiger partial charge is 0.250 e. The second-order valence-corrected chi connectivity index (χ2v) is 6.29. The van der Waals surface area contributed by atoms with E-state index >= 15 is 0 Å². The van der Waals surface area contributed by atoms with Crippen LogP contribution in [0.1, 0.15) is 17.5 Å². The van der Waals surface area contributed by atoms with Gasteiger partial charge in [0.15, 0.2) is 0 Å². The van der Waals surface area contributed by atoms with Crippen molar-refractivity contribution in [1.29, 1.82) is 0 Å². The van der Waals surface area contributed by atoms with Gasteiger partial charge in [-0.2, -0.15) is 4.80 Å². The van der Waals surface area contributed by atoms with Crippen LogP contribution in [-0.4, -0.2) is 32.7 Å². The molecule has 1 aliphatic heterocycles. The van der Waals surface area contributed by atoms with Gasteiger partial charge in [0.25, 0.3) is 5.91 Å². The number of amides is 1. The van der Waals surface area contributed by atoms with Crippen LogP contribution >= 0.6 is 0 Å². The summed E-state index contributed by atoms with van der Waals surface area (Å²) < 4.78 is 0. The second kappa shape index (κ2) is 6.47. The fourth-order valence-electron chi connectivity index (χ4n) is 3.20. The van der Waals surface area contributed by atoms with E-state index in [-0.39, 0.29) is 12.5 Å². The van der Waals surface area contributed by atoms with Gasteiger partial charge in [-0.25, -0.2) is 0 Å². The predicted octanol–water partition coefficient (Wildman–Crippen LogP) is 2.63. The summed E-state index contributed by atoms with van der Waals surface area (Å²) in [6.07, 6.45) is 1.99. The Balaban J connectivity index is 1.53. The molecule has 3 aromatic rings. The number of nitrogens with zero attached hydrogens (tertiary/aromatic N) is 5. The molecule has 0 bridgehead atoms. The molecule has 2 aromatic carbocycles. The molecule has 0 unspecified atom stereocenters. The number of hydrogen-bond acceptors (Lipinski definition) is 4. The van der Waals surface area contributed by atoms with E-state index in [4.69, 9.17) is 0 Å². The van der Waals surface area contributed by atoms with Gasteiger partial charge in [-0.3, -0.25) is 4.79 Å². The fourth-order valence-corrected chi connectivity index (χ4v) is 3.20. The first kappa shape index (κ1) is 15.5. The molecule has 1 aliphatic rings. The monoisotopic (exact) mass is 333 g/mol. The largest absolute Gasteiger partial charge is 0.310 e. The number of tetrazole rings is 1. The van der Waals surface area contributed by atoms with Crippen molar-refractivity contribution >= 4 is 11.6 Å². The quantitative estimate of drug-likeness (QED) is 0.739. The van der Waals surface area contributed by atoms with Crippen LogP contribution in [0.3, 0.4) is 0 Å². The van der Waals surface area contributed by atoms with Crippen molar-refractivity contribution in [2.24, 2.45) is 0 Å². The summed E-state index contributed by atoms with van der Waals surface area (Å²) in [5, 5.41) is 12.4. The molecule has 0 spiro atoms. The Kier molecular flexibility index (Phi) is 4.01. The van der Waals surface area contributed by atoms with Gasteiger partial charge in [0, 0.05) is 17.8 Å². The molecular weight excluding hydrogens is 314 g/mol. The van der Waals surface area contributed by atoms with Gasteiger partial charge in [0.05, 0.1) is 0 Å². The maximum Gasteiger partial charge on any atom is 0.250 e. The number of aryl methyl sites for hydroxylation is 2. The molecule has 2 heterocycles. The highest BCUT2D eigenvalue weighted by molar-refractivity contribution is 5.94. The van der Waals surface area contributed by atoms with Crippen LogP contribution in [-0.2, 0) is 17.8 Å².